The van der Waals surface area contributed by atoms with Gasteiger partial charge in [0.25, 0.3) is 5.91 Å². The fourth-order valence-electron chi connectivity index (χ4n) is 3.59. The number of hydrogen-bond donors (Lipinski definition) is 0. The van der Waals surface area contributed by atoms with Gasteiger partial charge in [0.2, 0.25) is 5.76 Å². The summed E-state index contributed by atoms with van der Waals surface area (Å²) in [5.41, 5.74) is 2.04. The van der Waals surface area contributed by atoms with E-state index in [0.29, 0.717) is 31.3 Å². The number of imidazole rings is 1. The highest BCUT2D eigenvalue weighted by atomic mass is 16.6. The van der Waals surface area contributed by atoms with E-state index >= 15 is 0 Å². The fourth-order valence-corrected chi connectivity index (χ4v) is 3.59. The van der Waals surface area contributed by atoms with E-state index in [1.165, 1.54) is 0 Å². The molecule has 6 nitrogen and oxygen atoms in total. The van der Waals surface area contributed by atoms with Crippen molar-refractivity contribution in [1.82, 2.24) is 14.5 Å². The Bertz CT molecular complexity index is 824. The molecule has 0 saturated carbocycles. The van der Waals surface area contributed by atoms with Gasteiger partial charge in [-0.25, -0.2) is 4.98 Å². The third-order valence-electron chi connectivity index (χ3n) is 4.80. The van der Waals surface area contributed by atoms with E-state index in [9.17, 15) is 4.79 Å². The number of rotatable bonds is 2. The van der Waals surface area contributed by atoms with Crippen molar-refractivity contribution in [1.29, 1.82) is 0 Å². The number of carbonyl (C=O) groups is 1. The summed E-state index contributed by atoms with van der Waals surface area (Å²) in [6.45, 7) is 3.42. The summed E-state index contributed by atoms with van der Waals surface area (Å²) in [5.74, 6) is 1.74. The van der Waals surface area contributed by atoms with E-state index < -0.39 is 0 Å². The molecule has 24 heavy (non-hydrogen) atoms. The van der Waals surface area contributed by atoms with Crippen molar-refractivity contribution in [2.75, 3.05) is 19.8 Å². The summed E-state index contributed by atoms with van der Waals surface area (Å²) in [6.07, 6.45) is 1.88. The van der Waals surface area contributed by atoms with Crippen LogP contribution in [0.15, 0.2) is 35.8 Å². The average Bonchev–Trinajstić information content (AvgIpc) is 3.20. The molecule has 4 rings (SSSR count). The molecule has 1 unspecified atom stereocenters. The second kappa shape index (κ2) is 5.85. The van der Waals surface area contributed by atoms with Crippen molar-refractivity contribution in [2.45, 2.75) is 25.8 Å². The van der Waals surface area contributed by atoms with E-state index in [1.807, 2.05) is 30.1 Å². The monoisotopic (exact) mass is 327 g/mol. The number of ether oxygens (including phenoxy) is 2. The van der Waals surface area contributed by atoms with Gasteiger partial charge in [0.05, 0.1) is 17.1 Å². The van der Waals surface area contributed by atoms with Gasteiger partial charge in [0.15, 0.2) is 0 Å². The standard InChI is InChI=1S/C18H21N3O3/c1-12-16(24-11-10-23-12)18(22)21-9-5-8-15(21)17-19-13-6-3-4-7-14(13)20(17)2/h3-4,6-7,15H,5,8-11H2,1-2H3. The minimum Gasteiger partial charge on any atom is -0.491 e. The van der Waals surface area contributed by atoms with Crippen LogP contribution in [-0.4, -0.2) is 40.1 Å². The maximum absolute atomic E-state index is 12.9. The lowest BCUT2D eigenvalue weighted by atomic mass is 10.2. The minimum atomic E-state index is -0.0956. The minimum absolute atomic E-state index is 0.0271. The molecule has 1 atom stereocenters. The molecular weight excluding hydrogens is 306 g/mol. The Morgan fingerprint density at radius 3 is 2.83 bits per heavy atom. The van der Waals surface area contributed by atoms with Crippen LogP contribution in [0.5, 0.6) is 0 Å². The number of aryl methyl sites for hydroxylation is 1. The molecule has 0 spiro atoms. The second-order valence-corrected chi connectivity index (χ2v) is 6.26. The van der Waals surface area contributed by atoms with E-state index in [2.05, 4.69) is 10.6 Å². The first-order valence-electron chi connectivity index (χ1n) is 8.35. The molecule has 2 aromatic rings. The molecule has 2 aliphatic rings. The van der Waals surface area contributed by atoms with Gasteiger partial charge < -0.3 is 18.9 Å². The lowest BCUT2D eigenvalue weighted by molar-refractivity contribution is -0.133. The van der Waals surface area contributed by atoms with Crippen LogP contribution in [0.25, 0.3) is 11.0 Å². The number of hydrogen-bond acceptors (Lipinski definition) is 4. The number of aromatic nitrogens is 2. The molecule has 0 radical (unpaired) electrons. The van der Waals surface area contributed by atoms with Crippen molar-refractivity contribution in [3.05, 3.63) is 41.6 Å². The van der Waals surface area contributed by atoms with Crippen LogP contribution < -0.4 is 0 Å². The first-order valence-corrected chi connectivity index (χ1v) is 8.35. The molecule has 1 aromatic carbocycles. The Labute approximate surface area is 140 Å². The zero-order chi connectivity index (χ0) is 16.7. The maximum Gasteiger partial charge on any atom is 0.293 e. The predicted octanol–water partition coefficient (Wildman–Crippen LogP) is 2.52. The summed E-state index contributed by atoms with van der Waals surface area (Å²) in [7, 11) is 2.01. The molecular formula is C18H21N3O3. The highest BCUT2D eigenvalue weighted by molar-refractivity contribution is 5.92. The number of allylic oxidation sites excluding steroid dienone is 1. The Kier molecular flexibility index (Phi) is 3.67. The lowest BCUT2D eigenvalue weighted by Gasteiger charge is -2.27. The van der Waals surface area contributed by atoms with Gasteiger partial charge in [-0.2, -0.15) is 0 Å². The van der Waals surface area contributed by atoms with Gasteiger partial charge in [0.1, 0.15) is 24.8 Å². The van der Waals surface area contributed by atoms with Gasteiger partial charge in [-0.05, 0) is 31.9 Å². The fraction of sp³-hybridized carbons (Fsp3) is 0.444. The smallest absolute Gasteiger partial charge is 0.293 e. The van der Waals surface area contributed by atoms with Crippen LogP contribution in [0.4, 0.5) is 0 Å². The molecule has 1 fully saturated rings. The van der Waals surface area contributed by atoms with Crippen LogP contribution in [-0.2, 0) is 21.3 Å². The first-order chi connectivity index (χ1) is 11.7. The van der Waals surface area contributed by atoms with Gasteiger partial charge in [0, 0.05) is 13.6 Å². The van der Waals surface area contributed by atoms with E-state index in [4.69, 9.17) is 14.5 Å². The largest absolute Gasteiger partial charge is 0.491 e. The van der Waals surface area contributed by atoms with E-state index in [-0.39, 0.29) is 11.9 Å². The van der Waals surface area contributed by atoms with Gasteiger partial charge in [-0.3, -0.25) is 4.79 Å². The molecule has 2 aliphatic heterocycles. The number of amides is 1. The SMILES string of the molecule is CC1=C(C(=O)N2CCCC2c2nc3ccccc3n2C)OCCO1. The van der Waals surface area contributed by atoms with Crippen LogP contribution >= 0.6 is 0 Å². The van der Waals surface area contributed by atoms with Crippen LogP contribution in [0.3, 0.4) is 0 Å². The topological polar surface area (TPSA) is 56.6 Å². The van der Waals surface area contributed by atoms with E-state index in [1.54, 1.807) is 6.92 Å². The summed E-state index contributed by atoms with van der Waals surface area (Å²) in [5, 5.41) is 0. The van der Waals surface area contributed by atoms with Crippen molar-refractivity contribution in [3.8, 4) is 0 Å². The maximum atomic E-state index is 12.9. The Morgan fingerprint density at radius 2 is 2.04 bits per heavy atom. The molecule has 6 heteroatoms. The number of fused-ring (bicyclic) bond motifs is 1. The Morgan fingerprint density at radius 1 is 1.25 bits per heavy atom. The quantitative estimate of drug-likeness (QED) is 0.850. The number of benzene rings is 1. The van der Waals surface area contributed by atoms with Gasteiger partial charge >= 0.3 is 0 Å². The van der Waals surface area contributed by atoms with Crippen molar-refractivity contribution in [3.63, 3.8) is 0 Å². The summed E-state index contributed by atoms with van der Waals surface area (Å²) < 4.78 is 13.1. The summed E-state index contributed by atoms with van der Waals surface area (Å²) in [6, 6.07) is 8.02. The lowest BCUT2D eigenvalue weighted by Crippen LogP contribution is -2.35. The Balaban J connectivity index is 1.69. The summed E-state index contributed by atoms with van der Waals surface area (Å²) >= 11 is 0. The highest BCUT2D eigenvalue weighted by Gasteiger charge is 2.36. The number of carbonyl (C=O) groups excluding carboxylic acids is 1. The zero-order valence-electron chi connectivity index (χ0n) is 14.0. The Hall–Kier alpha value is -2.50. The first kappa shape index (κ1) is 15.1. The number of nitrogens with zero attached hydrogens (tertiary/aromatic N) is 3. The molecule has 0 N–H and O–H groups in total. The predicted molar refractivity (Wildman–Crippen MR) is 89.0 cm³/mol. The number of likely N-dealkylation sites (tertiary alicyclic amines) is 1. The van der Waals surface area contributed by atoms with Gasteiger partial charge in [-0.15, -0.1) is 0 Å². The molecule has 1 aromatic heterocycles. The van der Waals surface area contributed by atoms with E-state index in [0.717, 1.165) is 29.7 Å². The molecule has 3 heterocycles. The highest BCUT2D eigenvalue weighted by Crippen LogP contribution is 2.34. The van der Waals surface area contributed by atoms with Gasteiger partial charge in [-0.1, -0.05) is 12.1 Å². The molecule has 0 aliphatic carbocycles. The summed E-state index contributed by atoms with van der Waals surface area (Å²) in [4.78, 5) is 19.6. The molecule has 1 amide bonds. The van der Waals surface area contributed by atoms with Crippen LogP contribution in [0.2, 0.25) is 0 Å². The molecule has 126 valence electrons. The van der Waals surface area contributed by atoms with Crippen LogP contribution in [0.1, 0.15) is 31.6 Å². The normalized spacial score (nSPS) is 21.1. The molecule has 1 saturated heterocycles. The zero-order valence-corrected chi connectivity index (χ0v) is 14.0. The average molecular weight is 327 g/mol. The van der Waals surface area contributed by atoms with Crippen molar-refractivity contribution < 1.29 is 14.3 Å². The van der Waals surface area contributed by atoms with Crippen LogP contribution in [0, 0.1) is 0 Å². The second-order valence-electron chi connectivity index (χ2n) is 6.26. The van der Waals surface area contributed by atoms with Crippen molar-refractivity contribution in [2.24, 2.45) is 7.05 Å². The third-order valence-corrected chi connectivity index (χ3v) is 4.80. The third kappa shape index (κ3) is 2.33. The molecule has 0 bridgehead atoms. The van der Waals surface area contributed by atoms with Crippen molar-refractivity contribution >= 4 is 16.9 Å². The number of para-hydroxylation sites is 2.